The van der Waals surface area contributed by atoms with E-state index in [0.717, 1.165) is 16.0 Å². The molecule has 0 amide bonds. The molecule has 1 aliphatic rings. The van der Waals surface area contributed by atoms with Crippen LogP contribution in [0, 0.1) is 0 Å². The zero-order chi connectivity index (χ0) is 14.9. The molecular weight excluding hydrogens is 314 g/mol. The van der Waals surface area contributed by atoms with Crippen molar-refractivity contribution in [3.05, 3.63) is 41.7 Å². The van der Waals surface area contributed by atoms with Gasteiger partial charge in [-0.15, -0.1) is 11.3 Å². The van der Waals surface area contributed by atoms with Gasteiger partial charge in [0.05, 0.1) is 5.39 Å². The van der Waals surface area contributed by atoms with E-state index in [4.69, 9.17) is 11.6 Å². The van der Waals surface area contributed by atoms with Crippen molar-refractivity contribution in [1.82, 2.24) is 9.97 Å². The third-order valence-electron chi connectivity index (χ3n) is 4.12. The molecule has 1 aliphatic carbocycles. The molecule has 5 heteroatoms. The van der Waals surface area contributed by atoms with E-state index in [0.29, 0.717) is 11.3 Å². The van der Waals surface area contributed by atoms with Gasteiger partial charge in [-0.05, 0) is 36.1 Å². The monoisotopic (exact) mass is 329 g/mol. The normalized spacial score (nSPS) is 15.5. The Balaban J connectivity index is 1.77. The molecule has 1 fully saturated rings. The number of aromatic nitrogens is 2. The molecular formula is C17H16ClN3S. The summed E-state index contributed by atoms with van der Waals surface area (Å²) >= 11 is 7.77. The lowest BCUT2D eigenvalue weighted by Gasteiger charge is -2.13. The molecule has 22 heavy (non-hydrogen) atoms. The molecule has 0 spiro atoms. The molecule has 0 bridgehead atoms. The van der Waals surface area contributed by atoms with Crippen molar-refractivity contribution >= 4 is 39.0 Å². The summed E-state index contributed by atoms with van der Waals surface area (Å²) in [4.78, 5) is 11.0. The number of hydrogen-bond donors (Lipinski definition) is 1. The van der Waals surface area contributed by atoms with Gasteiger partial charge in [0.25, 0.3) is 0 Å². The van der Waals surface area contributed by atoms with Gasteiger partial charge in [0.1, 0.15) is 10.6 Å². The zero-order valence-corrected chi connectivity index (χ0v) is 13.6. The Kier molecular flexibility index (Phi) is 3.72. The topological polar surface area (TPSA) is 37.8 Å². The van der Waals surface area contributed by atoms with Crippen molar-refractivity contribution in [3.8, 4) is 10.4 Å². The SMILES string of the molecule is Clc1nc(NC2CCCC2)c2cc(-c3ccccc3)sc2n1. The number of benzene rings is 1. The number of rotatable bonds is 3. The van der Waals surface area contributed by atoms with Crippen LogP contribution < -0.4 is 5.32 Å². The summed E-state index contributed by atoms with van der Waals surface area (Å²) in [5.41, 5.74) is 1.20. The van der Waals surface area contributed by atoms with E-state index in [1.807, 2.05) is 6.07 Å². The van der Waals surface area contributed by atoms with Crippen LogP contribution in [0.1, 0.15) is 25.7 Å². The van der Waals surface area contributed by atoms with E-state index in [2.05, 4.69) is 45.6 Å². The van der Waals surface area contributed by atoms with Crippen molar-refractivity contribution in [2.45, 2.75) is 31.7 Å². The quantitative estimate of drug-likeness (QED) is 0.657. The summed E-state index contributed by atoms with van der Waals surface area (Å²) in [6.45, 7) is 0. The molecule has 3 aromatic rings. The summed E-state index contributed by atoms with van der Waals surface area (Å²) < 4.78 is 0. The number of anilines is 1. The maximum absolute atomic E-state index is 6.11. The Hall–Kier alpha value is -1.65. The lowest BCUT2D eigenvalue weighted by Crippen LogP contribution is -2.15. The lowest BCUT2D eigenvalue weighted by molar-refractivity contribution is 0.751. The highest BCUT2D eigenvalue weighted by Gasteiger charge is 2.18. The van der Waals surface area contributed by atoms with Crippen LogP contribution in [0.15, 0.2) is 36.4 Å². The number of nitrogens with zero attached hydrogens (tertiary/aromatic N) is 2. The fraction of sp³-hybridized carbons (Fsp3) is 0.294. The molecule has 1 saturated carbocycles. The van der Waals surface area contributed by atoms with Gasteiger partial charge < -0.3 is 5.32 Å². The smallest absolute Gasteiger partial charge is 0.225 e. The lowest BCUT2D eigenvalue weighted by atomic mass is 10.2. The van der Waals surface area contributed by atoms with Crippen LogP contribution in [-0.2, 0) is 0 Å². The molecule has 0 aliphatic heterocycles. The standard InChI is InChI=1S/C17H16ClN3S/c18-17-20-15(19-12-8-4-5-9-12)13-10-14(22-16(13)21-17)11-6-2-1-3-7-11/h1-3,6-7,10,12H,4-5,8-9H2,(H,19,20,21). The first-order chi connectivity index (χ1) is 10.8. The van der Waals surface area contributed by atoms with E-state index in [-0.39, 0.29) is 0 Å². The van der Waals surface area contributed by atoms with Gasteiger partial charge in [0.2, 0.25) is 5.28 Å². The number of nitrogens with one attached hydrogen (secondary N) is 1. The molecule has 0 radical (unpaired) electrons. The van der Waals surface area contributed by atoms with Crippen LogP contribution in [-0.4, -0.2) is 16.0 Å². The van der Waals surface area contributed by atoms with Gasteiger partial charge in [-0.25, -0.2) is 9.97 Å². The first-order valence-corrected chi connectivity index (χ1v) is 8.78. The average Bonchev–Trinajstić information content (AvgIpc) is 3.17. The van der Waals surface area contributed by atoms with Gasteiger partial charge in [-0.1, -0.05) is 43.2 Å². The second kappa shape index (κ2) is 5.86. The summed E-state index contributed by atoms with van der Waals surface area (Å²) in [5, 5.41) is 4.94. The molecule has 1 N–H and O–H groups in total. The summed E-state index contributed by atoms with van der Waals surface area (Å²) in [5.74, 6) is 0.875. The fourth-order valence-corrected chi connectivity index (χ4v) is 4.27. The highest BCUT2D eigenvalue weighted by Crippen LogP contribution is 2.36. The minimum atomic E-state index is 0.314. The van der Waals surface area contributed by atoms with E-state index in [1.165, 1.54) is 36.1 Å². The molecule has 112 valence electrons. The van der Waals surface area contributed by atoms with E-state index in [1.54, 1.807) is 11.3 Å². The minimum Gasteiger partial charge on any atom is -0.367 e. The van der Waals surface area contributed by atoms with Crippen molar-refractivity contribution in [3.63, 3.8) is 0 Å². The first kappa shape index (κ1) is 14.0. The second-order valence-electron chi connectivity index (χ2n) is 5.66. The molecule has 2 aromatic heterocycles. The maximum atomic E-state index is 6.11. The first-order valence-electron chi connectivity index (χ1n) is 7.58. The fourth-order valence-electron chi connectivity index (χ4n) is 3.01. The molecule has 3 nitrogen and oxygen atoms in total. The molecule has 0 atom stereocenters. The number of halogens is 1. The summed E-state index contributed by atoms with van der Waals surface area (Å²) in [7, 11) is 0. The van der Waals surface area contributed by atoms with Crippen LogP contribution in [0.2, 0.25) is 5.28 Å². The third-order valence-corrected chi connectivity index (χ3v) is 5.37. The van der Waals surface area contributed by atoms with Gasteiger partial charge in [0, 0.05) is 10.9 Å². The van der Waals surface area contributed by atoms with Crippen molar-refractivity contribution in [1.29, 1.82) is 0 Å². The van der Waals surface area contributed by atoms with Crippen LogP contribution in [0.3, 0.4) is 0 Å². The Morgan fingerprint density at radius 1 is 1.09 bits per heavy atom. The van der Waals surface area contributed by atoms with Gasteiger partial charge in [-0.2, -0.15) is 0 Å². The molecule has 2 heterocycles. The van der Waals surface area contributed by atoms with Crippen LogP contribution in [0.25, 0.3) is 20.7 Å². The van der Waals surface area contributed by atoms with Crippen LogP contribution in [0.4, 0.5) is 5.82 Å². The van der Waals surface area contributed by atoms with Crippen molar-refractivity contribution in [2.75, 3.05) is 5.32 Å². The predicted octanol–water partition coefficient (Wildman–Crippen LogP) is 5.37. The Labute approximate surface area is 138 Å². The van der Waals surface area contributed by atoms with E-state index < -0.39 is 0 Å². The molecule has 1 aromatic carbocycles. The largest absolute Gasteiger partial charge is 0.367 e. The second-order valence-corrected chi connectivity index (χ2v) is 7.03. The van der Waals surface area contributed by atoms with Gasteiger partial charge in [0.15, 0.2) is 0 Å². The number of thiophene rings is 1. The number of fused-ring (bicyclic) bond motifs is 1. The maximum Gasteiger partial charge on any atom is 0.225 e. The minimum absolute atomic E-state index is 0.314. The van der Waals surface area contributed by atoms with Gasteiger partial charge >= 0.3 is 0 Å². The highest BCUT2D eigenvalue weighted by atomic mass is 35.5. The van der Waals surface area contributed by atoms with Crippen molar-refractivity contribution < 1.29 is 0 Å². The Morgan fingerprint density at radius 2 is 1.86 bits per heavy atom. The number of hydrogen-bond acceptors (Lipinski definition) is 4. The van der Waals surface area contributed by atoms with Crippen molar-refractivity contribution in [2.24, 2.45) is 0 Å². The van der Waals surface area contributed by atoms with Gasteiger partial charge in [-0.3, -0.25) is 0 Å². The van der Waals surface area contributed by atoms with E-state index >= 15 is 0 Å². The van der Waals surface area contributed by atoms with Crippen LogP contribution in [0.5, 0.6) is 0 Å². The summed E-state index contributed by atoms with van der Waals surface area (Å²) in [6.07, 6.45) is 4.99. The zero-order valence-electron chi connectivity index (χ0n) is 12.1. The van der Waals surface area contributed by atoms with E-state index in [9.17, 15) is 0 Å². The average molecular weight is 330 g/mol. The summed E-state index contributed by atoms with van der Waals surface area (Å²) in [6, 6.07) is 13.0. The highest BCUT2D eigenvalue weighted by molar-refractivity contribution is 7.22. The molecule has 0 unspecified atom stereocenters. The molecule has 4 rings (SSSR count). The Morgan fingerprint density at radius 3 is 2.64 bits per heavy atom. The molecule has 0 saturated heterocycles. The third kappa shape index (κ3) is 2.69. The Bertz CT molecular complexity index is 794. The predicted molar refractivity (Wildman–Crippen MR) is 93.7 cm³/mol. The van der Waals surface area contributed by atoms with Crippen LogP contribution >= 0.6 is 22.9 Å².